The average molecular weight is 509 g/mol. The molecule has 4 atom stereocenters. The largest absolute Gasteiger partial charge is 0.481 e. The molecule has 1 aliphatic carbocycles. The van der Waals surface area contributed by atoms with Crippen molar-refractivity contribution in [2.75, 3.05) is 6.54 Å². The summed E-state index contributed by atoms with van der Waals surface area (Å²) in [5.41, 5.74) is 2.31. The highest BCUT2D eigenvalue weighted by atomic mass is 16.5. The third-order valence-electron chi connectivity index (χ3n) is 8.63. The SMILES string of the molecule is O=C(O)Cc1cccc(CC[C@H]2[C@H](c3nc(C(=O)NCCCCC4CCCCC4)co3)[C@H]3CC[C@@H]2O3)c1. The molecule has 0 spiro atoms. The van der Waals surface area contributed by atoms with Crippen molar-refractivity contribution in [2.45, 2.75) is 102 Å². The highest BCUT2D eigenvalue weighted by Crippen LogP contribution is 2.50. The first-order valence-corrected chi connectivity index (χ1v) is 14.3. The Bertz CT molecular complexity index is 1060. The molecule has 0 radical (unpaired) electrons. The summed E-state index contributed by atoms with van der Waals surface area (Å²) >= 11 is 0. The number of amides is 1. The Morgan fingerprint density at radius 1 is 1.00 bits per heavy atom. The quantitative estimate of drug-likeness (QED) is 0.358. The lowest BCUT2D eigenvalue weighted by Gasteiger charge is -2.25. The van der Waals surface area contributed by atoms with Crippen LogP contribution < -0.4 is 5.32 Å². The maximum Gasteiger partial charge on any atom is 0.307 e. The van der Waals surface area contributed by atoms with E-state index in [2.05, 4.69) is 16.4 Å². The molecule has 1 amide bonds. The van der Waals surface area contributed by atoms with Crippen LogP contribution in [-0.2, 0) is 22.4 Å². The lowest BCUT2D eigenvalue weighted by atomic mass is 9.76. The topological polar surface area (TPSA) is 102 Å². The number of ether oxygens (including phenoxy) is 1. The molecular weight excluding hydrogens is 468 g/mol. The van der Waals surface area contributed by atoms with Crippen LogP contribution in [0.15, 0.2) is 34.9 Å². The highest BCUT2D eigenvalue weighted by molar-refractivity contribution is 5.91. The number of unbranched alkanes of at least 4 members (excludes halogenated alkanes) is 1. The summed E-state index contributed by atoms with van der Waals surface area (Å²) < 4.78 is 12.1. The van der Waals surface area contributed by atoms with Gasteiger partial charge in [0, 0.05) is 6.54 Å². The molecule has 2 aromatic rings. The summed E-state index contributed by atoms with van der Waals surface area (Å²) in [6, 6.07) is 7.83. The van der Waals surface area contributed by atoms with Gasteiger partial charge < -0.3 is 19.6 Å². The Morgan fingerprint density at radius 2 is 1.81 bits per heavy atom. The van der Waals surface area contributed by atoms with Crippen molar-refractivity contribution in [3.05, 3.63) is 53.2 Å². The van der Waals surface area contributed by atoms with E-state index in [1.165, 1.54) is 51.2 Å². The number of carboxylic acids is 1. The molecule has 3 aliphatic rings. The summed E-state index contributed by atoms with van der Waals surface area (Å²) in [5.74, 6) is 0.840. The van der Waals surface area contributed by atoms with Crippen LogP contribution in [0.5, 0.6) is 0 Å². The average Bonchev–Trinajstić information content (AvgIpc) is 3.64. The van der Waals surface area contributed by atoms with E-state index < -0.39 is 5.97 Å². The van der Waals surface area contributed by atoms with Gasteiger partial charge in [-0.1, -0.05) is 69.2 Å². The number of aryl methyl sites for hydroxylation is 1. The van der Waals surface area contributed by atoms with Crippen LogP contribution in [-0.4, -0.2) is 40.7 Å². The number of rotatable bonds is 12. The van der Waals surface area contributed by atoms with Crippen molar-refractivity contribution >= 4 is 11.9 Å². The number of hydrogen-bond donors (Lipinski definition) is 2. The van der Waals surface area contributed by atoms with Crippen LogP contribution in [0.2, 0.25) is 0 Å². The van der Waals surface area contributed by atoms with E-state index in [1.807, 2.05) is 18.2 Å². The smallest absolute Gasteiger partial charge is 0.307 e. The van der Waals surface area contributed by atoms with Gasteiger partial charge in [0.15, 0.2) is 5.69 Å². The summed E-state index contributed by atoms with van der Waals surface area (Å²) in [7, 11) is 0. The molecule has 0 unspecified atom stereocenters. The molecule has 7 heteroatoms. The molecule has 3 heterocycles. The molecule has 200 valence electrons. The molecular formula is C30H40N2O5. The fourth-order valence-electron chi connectivity index (χ4n) is 6.76. The van der Waals surface area contributed by atoms with Gasteiger partial charge in [-0.2, -0.15) is 0 Å². The first-order valence-electron chi connectivity index (χ1n) is 14.3. The molecule has 7 nitrogen and oxygen atoms in total. The normalized spacial score (nSPS) is 25.4. The highest BCUT2D eigenvalue weighted by Gasteiger charge is 2.51. The molecule has 1 aromatic heterocycles. The van der Waals surface area contributed by atoms with Crippen LogP contribution in [0, 0.1) is 11.8 Å². The third kappa shape index (κ3) is 6.61. The molecule has 1 aromatic carbocycles. The van der Waals surface area contributed by atoms with Crippen molar-refractivity contribution in [3.63, 3.8) is 0 Å². The van der Waals surface area contributed by atoms with E-state index in [0.717, 1.165) is 49.1 Å². The van der Waals surface area contributed by atoms with Gasteiger partial charge in [-0.05, 0) is 55.1 Å². The molecule has 5 rings (SSSR count). The molecule has 37 heavy (non-hydrogen) atoms. The number of carboxylic acid groups (broad SMARTS) is 1. The number of aromatic nitrogens is 1. The van der Waals surface area contributed by atoms with E-state index >= 15 is 0 Å². The lowest BCUT2D eigenvalue weighted by Crippen LogP contribution is -2.27. The number of oxazole rings is 1. The first kappa shape index (κ1) is 26.0. The maximum absolute atomic E-state index is 12.7. The summed E-state index contributed by atoms with van der Waals surface area (Å²) in [5, 5.41) is 12.1. The molecule has 1 saturated carbocycles. The van der Waals surface area contributed by atoms with Crippen molar-refractivity contribution in [3.8, 4) is 0 Å². The second-order valence-corrected chi connectivity index (χ2v) is 11.2. The van der Waals surface area contributed by atoms with E-state index in [9.17, 15) is 9.59 Å². The number of aliphatic carboxylic acids is 1. The van der Waals surface area contributed by atoms with E-state index in [4.69, 9.17) is 14.3 Å². The number of carbonyl (C=O) groups excluding carboxylic acids is 1. The van der Waals surface area contributed by atoms with Gasteiger partial charge in [0.2, 0.25) is 5.89 Å². The predicted octanol–water partition coefficient (Wildman–Crippen LogP) is 5.68. The van der Waals surface area contributed by atoms with Gasteiger partial charge in [-0.25, -0.2) is 4.98 Å². The summed E-state index contributed by atoms with van der Waals surface area (Å²) in [6.45, 7) is 0.675. The zero-order valence-corrected chi connectivity index (χ0v) is 21.7. The van der Waals surface area contributed by atoms with E-state index in [0.29, 0.717) is 18.1 Å². The number of fused-ring (bicyclic) bond motifs is 2. The predicted molar refractivity (Wildman–Crippen MR) is 139 cm³/mol. The van der Waals surface area contributed by atoms with Crippen LogP contribution in [0.4, 0.5) is 0 Å². The van der Waals surface area contributed by atoms with Gasteiger partial charge >= 0.3 is 5.97 Å². The fourth-order valence-corrected chi connectivity index (χ4v) is 6.76. The van der Waals surface area contributed by atoms with Gasteiger partial charge in [0.1, 0.15) is 6.26 Å². The number of nitrogens with one attached hydrogen (secondary N) is 1. The van der Waals surface area contributed by atoms with E-state index in [-0.39, 0.29) is 36.4 Å². The molecule has 2 aliphatic heterocycles. The Hall–Kier alpha value is -2.67. The van der Waals surface area contributed by atoms with Gasteiger partial charge in [-0.3, -0.25) is 9.59 Å². The van der Waals surface area contributed by atoms with Crippen molar-refractivity contribution < 1.29 is 23.8 Å². The van der Waals surface area contributed by atoms with Crippen LogP contribution in [0.1, 0.15) is 104 Å². The summed E-state index contributed by atoms with van der Waals surface area (Å²) in [6.07, 6.45) is 15.9. The molecule has 2 saturated heterocycles. The van der Waals surface area contributed by atoms with Crippen LogP contribution in [0.25, 0.3) is 0 Å². The Morgan fingerprint density at radius 3 is 2.65 bits per heavy atom. The lowest BCUT2D eigenvalue weighted by molar-refractivity contribution is -0.136. The van der Waals surface area contributed by atoms with Crippen molar-refractivity contribution in [1.82, 2.24) is 10.3 Å². The maximum atomic E-state index is 12.7. The molecule has 3 fully saturated rings. The van der Waals surface area contributed by atoms with E-state index in [1.54, 1.807) is 0 Å². The Kier molecular flexibility index (Phi) is 8.59. The Balaban J connectivity index is 1.13. The monoisotopic (exact) mass is 508 g/mol. The van der Waals surface area contributed by atoms with Crippen LogP contribution in [0.3, 0.4) is 0 Å². The summed E-state index contributed by atoms with van der Waals surface area (Å²) in [4.78, 5) is 28.4. The second-order valence-electron chi connectivity index (χ2n) is 11.2. The minimum atomic E-state index is -0.818. The van der Waals surface area contributed by atoms with Crippen molar-refractivity contribution in [1.29, 1.82) is 0 Å². The first-order chi connectivity index (χ1) is 18.1. The number of hydrogen-bond acceptors (Lipinski definition) is 5. The Labute approximate surface area is 219 Å². The standard InChI is InChI=1S/C30H40N2O5/c33-27(34)18-22-11-6-10-21(17-22)12-13-23-25-14-15-26(37-25)28(23)30-32-24(19-36-30)29(35)31-16-5-4-9-20-7-2-1-3-8-20/h6,10-11,17,19-20,23,25-26,28H,1-5,7-9,12-16,18H2,(H,31,35)(H,33,34)/t23-,25+,26-,28+/m1/s1. The third-order valence-corrected chi connectivity index (χ3v) is 8.63. The number of benzene rings is 1. The van der Waals surface area contributed by atoms with Gasteiger partial charge in [-0.15, -0.1) is 0 Å². The fraction of sp³-hybridized carbons (Fsp3) is 0.633. The number of carbonyl (C=O) groups is 2. The second kappa shape index (κ2) is 12.2. The molecule has 2 bridgehead atoms. The van der Waals surface area contributed by atoms with Gasteiger partial charge in [0.25, 0.3) is 5.91 Å². The zero-order chi connectivity index (χ0) is 25.6. The van der Waals surface area contributed by atoms with Gasteiger partial charge in [0.05, 0.1) is 24.5 Å². The zero-order valence-electron chi connectivity index (χ0n) is 21.7. The van der Waals surface area contributed by atoms with Crippen molar-refractivity contribution in [2.24, 2.45) is 11.8 Å². The molecule has 2 N–H and O–H groups in total. The van der Waals surface area contributed by atoms with Crippen LogP contribution >= 0.6 is 0 Å². The minimum Gasteiger partial charge on any atom is -0.481 e. The number of nitrogens with zero attached hydrogens (tertiary/aromatic N) is 1. The minimum absolute atomic E-state index is 0.0371.